The topological polar surface area (TPSA) is 63.6 Å². The lowest BCUT2D eigenvalue weighted by molar-refractivity contribution is 0.941. The van der Waals surface area contributed by atoms with Crippen molar-refractivity contribution in [3.8, 4) is 11.5 Å². The molecule has 1 fully saturated rings. The SMILES string of the molecule is CCCNc1cc(C2CC2)nc(-c2ccnc(C)n2)n1. The van der Waals surface area contributed by atoms with Crippen LogP contribution >= 0.6 is 0 Å². The number of anilines is 1. The van der Waals surface area contributed by atoms with Crippen LogP contribution in [0.4, 0.5) is 5.82 Å². The fourth-order valence-corrected chi connectivity index (χ4v) is 2.09. The first-order valence-corrected chi connectivity index (χ1v) is 7.19. The highest BCUT2D eigenvalue weighted by Crippen LogP contribution is 2.40. The third-order valence-corrected chi connectivity index (χ3v) is 3.30. The first-order chi connectivity index (χ1) is 9.76. The van der Waals surface area contributed by atoms with Crippen molar-refractivity contribution in [2.75, 3.05) is 11.9 Å². The van der Waals surface area contributed by atoms with Gasteiger partial charge in [0.05, 0.1) is 0 Å². The Morgan fingerprint density at radius 3 is 2.80 bits per heavy atom. The fraction of sp³-hybridized carbons (Fsp3) is 0.467. The molecule has 0 saturated heterocycles. The minimum absolute atomic E-state index is 0.599. The number of hydrogen-bond acceptors (Lipinski definition) is 5. The lowest BCUT2D eigenvalue weighted by Gasteiger charge is -2.09. The Morgan fingerprint density at radius 2 is 2.10 bits per heavy atom. The highest BCUT2D eigenvalue weighted by molar-refractivity contribution is 5.53. The summed E-state index contributed by atoms with van der Waals surface area (Å²) in [5.41, 5.74) is 1.92. The number of nitrogens with one attached hydrogen (secondary N) is 1. The van der Waals surface area contributed by atoms with Crippen molar-refractivity contribution in [2.24, 2.45) is 0 Å². The predicted molar refractivity (Wildman–Crippen MR) is 78.6 cm³/mol. The van der Waals surface area contributed by atoms with Gasteiger partial charge in [-0.25, -0.2) is 19.9 Å². The van der Waals surface area contributed by atoms with E-state index in [-0.39, 0.29) is 0 Å². The number of nitrogens with zero attached hydrogens (tertiary/aromatic N) is 4. The van der Waals surface area contributed by atoms with E-state index in [4.69, 9.17) is 0 Å². The second kappa shape index (κ2) is 5.53. The molecule has 0 amide bonds. The summed E-state index contributed by atoms with van der Waals surface area (Å²) in [7, 11) is 0. The molecule has 2 aromatic heterocycles. The zero-order valence-corrected chi connectivity index (χ0v) is 11.9. The lowest BCUT2D eigenvalue weighted by Crippen LogP contribution is -2.06. The smallest absolute Gasteiger partial charge is 0.180 e. The van der Waals surface area contributed by atoms with Crippen LogP contribution in [0, 0.1) is 6.92 Å². The molecule has 5 heteroatoms. The molecular formula is C15H19N5. The first-order valence-electron chi connectivity index (χ1n) is 7.19. The fourth-order valence-electron chi connectivity index (χ4n) is 2.09. The molecular weight excluding hydrogens is 250 g/mol. The molecule has 20 heavy (non-hydrogen) atoms. The maximum Gasteiger partial charge on any atom is 0.180 e. The molecule has 0 spiro atoms. The number of aromatic nitrogens is 4. The van der Waals surface area contributed by atoms with Crippen LogP contribution in [-0.4, -0.2) is 26.5 Å². The Balaban J connectivity index is 1.98. The average Bonchev–Trinajstić information content (AvgIpc) is 3.29. The van der Waals surface area contributed by atoms with E-state index in [9.17, 15) is 0 Å². The molecule has 0 aliphatic heterocycles. The van der Waals surface area contributed by atoms with Crippen molar-refractivity contribution < 1.29 is 0 Å². The Bertz CT molecular complexity index is 607. The molecule has 2 aromatic rings. The highest BCUT2D eigenvalue weighted by atomic mass is 15.0. The Morgan fingerprint density at radius 1 is 1.25 bits per heavy atom. The highest BCUT2D eigenvalue weighted by Gasteiger charge is 2.26. The van der Waals surface area contributed by atoms with Gasteiger partial charge in [-0.2, -0.15) is 0 Å². The van der Waals surface area contributed by atoms with Gasteiger partial charge in [0.1, 0.15) is 17.3 Å². The zero-order chi connectivity index (χ0) is 13.9. The van der Waals surface area contributed by atoms with Gasteiger partial charge in [0.25, 0.3) is 0 Å². The van der Waals surface area contributed by atoms with Crippen molar-refractivity contribution in [1.29, 1.82) is 0 Å². The average molecular weight is 269 g/mol. The van der Waals surface area contributed by atoms with E-state index in [2.05, 4.69) is 38.2 Å². The third kappa shape index (κ3) is 2.92. The molecule has 2 heterocycles. The van der Waals surface area contributed by atoms with E-state index in [0.717, 1.165) is 36.0 Å². The van der Waals surface area contributed by atoms with Gasteiger partial charge >= 0.3 is 0 Å². The predicted octanol–water partition coefficient (Wildman–Crippen LogP) is 2.94. The Hall–Kier alpha value is -2.04. The van der Waals surface area contributed by atoms with Crippen molar-refractivity contribution in [2.45, 2.75) is 39.0 Å². The molecule has 0 aromatic carbocycles. The molecule has 1 aliphatic rings. The monoisotopic (exact) mass is 269 g/mol. The summed E-state index contributed by atoms with van der Waals surface area (Å²) in [4.78, 5) is 17.8. The Labute approximate surface area is 118 Å². The molecule has 0 radical (unpaired) electrons. The summed E-state index contributed by atoms with van der Waals surface area (Å²) in [6.45, 7) is 4.94. The third-order valence-electron chi connectivity index (χ3n) is 3.30. The van der Waals surface area contributed by atoms with Gasteiger partial charge in [-0.05, 0) is 32.3 Å². The molecule has 1 saturated carbocycles. The summed E-state index contributed by atoms with van der Waals surface area (Å²) in [6, 6.07) is 3.94. The summed E-state index contributed by atoms with van der Waals surface area (Å²) >= 11 is 0. The van der Waals surface area contributed by atoms with Crippen LogP contribution in [0.15, 0.2) is 18.3 Å². The number of rotatable bonds is 5. The lowest BCUT2D eigenvalue weighted by atomic mass is 10.2. The van der Waals surface area contributed by atoms with Gasteiger partial charge in [0.15, 0.2) is 5.82 Å². The standard InChI is InChI=1S/C15H19N5/c1-3-7-17-14-9-13(11-4-5-11)19-15(20-14)12-6-8-16-10(2)18-12/h6,8-9,11H,3-5,7H2,1-2H3,(H,17,19,20). The zero-order valence-electron chi connectivity index (χ0n) is 11.9. The van der Waals surface area contributed by atoms with E-state index in [0.29, 0.717) is 11.7 Å². The number of hydrogen-bond donors (Lipinski definition) is 1. The second-order valence-electron chi connectivity index (χ2n) is 5.19. The van der Waals surface area contributed by atoms with Crippen molar-refractivity contribution in [1.82, 2.24) is 19.9 Å². The van der Waals surface area contributed by atoms with Crippen molar-refractivity contribution in [3.63, 3.8) is 0 Å². The van der Waals surface area contributed by atoms with Gasteiger partial charge in [0.2, 0.25) is 0 Å². The van der Waals surface area contributed by atoms with E-state index in [1.54, 1.807) is 6.20 Å². The van der Waals surface area contributed by atoms with Gasteiger partial charge in [-0.1, -0.05) is 6.92 Å². The molecule has 3 rings (SSSR count). The largest absolute Gasteiger partial charge is 0.370 e. The maximum atomic E-state index is 4.67. The van der Waals surface area contributed by atoms with Gasteiger partial charge in [0, 0.05) is 30.4 Å². The van der Waals surface area contributed by atoms with E-state index in [1.165, 1.54) is 12.8 Å². The van der Waals surface area contributed by atoms with Crippen LogP contribution in [0.2, 0.25) is 0 Å². The molecule has 1 N–H and O–H groups in total. The van der Waals surface area contributed by atoms with Gasteiger partial charge < -0.3 is 5.32 Å². The summed E-state index contributed by atoms with van der Waals surface area (Å²) in [5.74, 6) is 2.93. The van der Waals surface area contributed by atoms with Crippen LogP contribution in [-0.2, 0) is 0 Å². The summed E-state index contributed by atoms with van der Waals surface area (Å²) in [5, 5.41) is 3.35. The summed E-state index contributed by atoms with van der Waals surface area (Å²) < 4.78 is 0. The Kier molecular flexibility index (Phi) is 3.58. The van der Waals surface area contributed by atoms with Crippen LogP contribution < -0.4 is 5.32 Å². The van der Waals surface area contributed by atoms with Crippen LogP contribution in [0.5, 0.6) is 0 Å². The molecule has 0 bridgehead atoms. The van der Waals surface area contributed by atoms with Gasteiger partial charge in [-0.15, -0.1) is 0 Å². The normalized spacial score (nSPS) is 14.3. The molecule has 5 nitrogen and oxygen atoms in total. The minimum atomic E-state index is 0.599. The van der Waals surface area contributed by atoms with Crippen molar-refractivity contribution >= 4 is 5.82 Å². The van der Waals surface area contributed by atoms with Crippen LogP contribution in [0.3, 0.4) is 0 Å². The first kappa shape index (κ1) is 13.0. The molecule has 0 unspecified atom stereocenters. The van der Waals surface area contributed by atoms with E-state index in [1.807, 2.05) is 13.0 Å². The van der Waals surface area contributed by atoms with Crippen LogP contribution in [0.25, 0.3) is 11.5 Å². The number of aryl methyl sites for hydroxylation is 1. The quantitative estimate of drug-likeness (QED) is 0.904. The van der Waals surface area contributed by atoms with E-state index < -0.39 is 0 Å². The van der Waals surface area contributed by atoms with E-state index >= 15 is 0 Å². The maximum absolute atomic E-state index is 4.67. The van der Waals surface area contributed by atoms with Crippen LogP contribution in [0.1, 0.15) is 43.6 Å². The minimum Gasteiger partial charge on any atom is -0.370 e. The summed E-state index contributed by atoms with van der Waals surface area (Å²) in [6.07, 6.45) is 5.29. The molecule has 1 aliphatic carbocycles. The second-order valence-corrected chi connectivity index (χ2v) is 5.19. The van der Waals surface area contributed by atoms with Crippen molar-refractivity contribution in [3.05, 3.63) is 29.8 Å². The molecule has 0 atom stereocenters. The van der Waals surface area contributed by atoms with Gasteiger partial charge in [-0.3, -0.25) is 0 Å². The molecule has 104 valence electrons.